The van der Waals surface area contributed by atoms with Crippen molar-refractivity contribution in [2.45, 2.75) is 19.5 Å². The molecule has 0 amide bonds. The molecule has 0 fully saturated rings. The van der Waals surface area contributed by atoms with Crippen LogP contribution >= 0.6 is 11.3 Å². The molecule has 0 aliphatic heterocycles. The van der Waals surface area contributed by atoms with Gasteiger partial charge in [0.1, 0.15) is 6.04 Å². The van der Waals surface area contributed by atoms with Crippen molar-refractivity contribution in [1.82, 2.24) is 10.3 Å². The number of carboxylic acid groups (broad SMARTS) is 1. The maximum Gasteiger partial charge on any atom is 0.320 e. The van der Waals surface area contributed by atoms with Crippen LogP contribution < -0.4 is 5.32 Å². The Morgan fingerprint density at radius 2 is 2.53 bits per heavy atom. The fourth-order valence-electron chi connectivity index (χ4n) is 1.25. The lowest BCUT2D eigenvalue weighted by atomic mass is 10.3. The molecule has 2 rings (SSSR count). The summed E-state index contributed by atoms with van der Waals surface area (Å²) in [7, 11) is 0. The molecule has 2 aromatic heterocycles. The minimum atomic E-state index is -0.869. The van der Waals surface area contributed by atoms with Crippen molar-refractivity contribution >= 4 is 17.3 Å². The molecule has 0 aromatic carbocycles. The van der Waals surface area contributed by atoms with Gasteiger partial charge in [-0.05, 0) is 19.1 Å². The summed E-state index contributed by atoms with van der Waals surface area (Å²) in [6.45, 7) is 2.03. The monoisotopic (exact) mass is 252 g/mol. The standard InChI is InChI=1S/C11H12N2O3S/c1-7(11(14)15)12-5-8-6-17-10(13-8)9-3-2-4-16-9/h2-4,6-7,12H,5H2,1H3,(H,14,15)/t7-/m1/s1. The third kappa shape index (κ3) is 2.92. The number of aliphatic carboxylic acids is 1. The van der Waals surface area contributed by atoms with E-state index in [0.29, 0.717) is 6.54 Å². The van der Waals surface area contributed by atoms with Crippen LogP contribution in [0.3, 0.4) is 0 Å². The molecule has 0 saturated carbocycles. The second-order valence-electron chi connectivity index (χ2n) is 3.56. The number of rotatable bonds is 5. The Bertz CT molecular complexity index is 493. The van der Waals surface area contributed by atoms with E-state index in [0.717, 1.165) is 16.5 Å². The Morgan fingerprint density at radius 1 is 1.71 bits per heavy atom. The minimum Gasteiger partial charge on any atom is -0.480 e. The van der Waals surface area contributed by atoms with E-state index in [4.69, 9.17) is 9.52 Å². The van der Waals surface area contributed by atoms with Crippen LogP contribution in [-0.4, -0.2) is 22.1 Å². The van der Waals surface area contributed by atoms with Gasteiger partial charge in [0.25, 0.3) is 0 Å². The van der Waals surface area contributed by atoms with Gasteiger partial charge < -0.3 is 9.52 Å². The van der Waals surface area contributed by atoms with Crippen LogP contribution in [0.4, 0.5) is 0 Å². The highest BCUT2D eigenvalue weighted by molar-refractivity contribution is 7.13. The van der Waals surface area contributed by atoms with Gasteiger partial charge in [0.05, 0.1) is 12.0 Å². The van der Waals surface area contributed by atoms with E-state index in [-0.39, 0.29) is 0 Å². The lowest BCUT2D eigenvalue weighted by molar-refractivity contribution is -0.139. The Morgan fingerprint density at radius 3 is 3.18 bits per heavy atom. The lowest BCUT2D eigenvalue weighted by Gasteiger charge is -2.06. The Labute approximate surface area is 102 Å². The number of hydrogen-bond donors (Lipinski definition) is 2. The van der Waals surface area contributed by atoms with Crippen LogP contribution in [0.5, 0.6) is 0 Å². The number of nitrogens with zero attached hydrogens (tertiary/aromatic N) is 1. The molecule has 2 heterocycles. The zero-order valence-electron chi connectivity index (χ0n) is 9.21. The van der Waals surface area contributed by atoms with Gasteiger partial charge >= 0.3 is 5.97 Å². The van der Waals surface area contributed by atoms with Crippen LogP contribution in [0, 0.1) is 0 Å². The van der Waals surface area contributed by atoms with Crippen molar-refractivity contribution in [2.24, 2.45) is 0 Å². The van der Waals surface area contributed by atoms with Gasteiger partial charge in [0.2, 0.25) is 0 Å². The molecular weight excluding hydrogens is 240 g/mol. The van der Waals surface area contributed by atoms with E-state index in [1.54, 1.807) is 19.3 Å². The maximum atomic E-state index is 10.6. The molecule has 17 heavy (non-hydrogen) atoms. The molecule has 2 aromatic rings. The number of carboxylic acids is 1. The van der Waals surface area contributed by atoms with E-state index >= 15 is 0 Å². The molecule has 0 bridgehead atoms. The first-order valence-electron chi connectivity index (χ1n) is 5.11. The third-order valence-corrected chi connectivity index (χ3v) is 3.15. The zero-order chi connectivity index (χ0) is 12.3. The fraction of sp³-hybridized carbons (Fsp3) is 0.273. The van der Waals surface area contributed by atoms with E-state index in [1.165, 1.54) is 11.3 Å². The molecule has 0 saturated heterocycles. The van der Waals surface area contributed by atoms with Gasteiger partial charge in [0, 0.05) is 11.9 Å². The normalized spacial score (nSPS) is 12.5. The van der Waals surface area contributed by atoms with Crippen molar-refractivity contribution < 1.29 is 14.3 Å². The first kappa shape index (κ1) is 11.8. The van der Waals surface area contributed by atoms with Crippen LogP contribution in [0.2, 0.25) is 0 Å². The Kier molecular flexibility index (Phi) is 3.55. The lowest BCUT2D eigenvalue weighted by Crippen LogP contribution is -2.33. The molecule has 2 N–H and O–H groups in total. The molecule has 0 spiro atoms. The van der Waals surface area contributed by atoms with Gasteiger partial charge in [-0.25, -0.2) is 4.98 Å². The molecule has 90 valence electrons. The largest absolute Gasteiger partial charge is 0.480 e. The van der Waals surface area contributed by atoms with Crippen LogP contribution in [0.15, 0.2) is 28.2 Å². The zero-order valence-corrected chi connectivity index (χ0v) is 10.0. The summed E-state index contributed by atoms with van der Waals surface area (Å²) in [4.78, 5) is 15.0. The average molecular weight is 252 g/mol. The van der Waals surface area contributed by atoms with E-state index < -0.39 is 12.0 Å². The van der Waals surface area contributed by atoms with Crippen molar-refractivity contribution in [1.29, 1.82) is 0 Å². The van der Waals surface area contributed by atoms with Crippen LogP contribution in [0.25, 0.3) is 10.8 Å². The molecule has 0 aliphatic carbocycles. The maximum absolute atomic E-state index is 10.6. The number of carbonyl (C=O) groups is 1. The summed E-state index contributed by atoms with van der Waals surface area (Å²) >= 11 is 1.48. The van der Waals surface area contributed by atoms with E-state index in [9.17, 15) is 4.79 Å². The third-order valence-electron chi connectivity index (χ3n) is 2.24. The van der Waals surface area contributed by atoms with Gasteiger partial charge in [-0.1, -0.05) is 0 Å². The Balaban J connectivity index is 1.97. The first-order chi connectivity index (χ1) is 8.16. The second-order valence-corrected chi connectivity index (χ2v) is 4.42. The van der Waals surface area contributed by atoms with Crippen molar-refractivity contribution in [3.8, 4) is 10.8 Å². The number of nitrogens with one attached hydrogen (secondary N) is 1. The van der Waals surface area contributed by atoms with E-state index in [2.05, 4.69) is 10.3 Å². The van der Waals surface area contributed by atoms with E-state index in [1.807, 2.05) is 11.4 Å². The molecule has 0 radical (unpaired) electrons. The van der Waals surface area contributed by atoms with Gasteiger partial charge in [-0.3, -0.25) is 10.1 Å². The predicted molar refractivity (Wildman–Crippen MR) is 63.8 cm³/mol. The van der Waals surface area contributed by atoms with Crippen LogP contribution in [0.1, 0.15) is 12.6 Å². The molecular formula is C11H12N2O3S. The van der Waals surface area contributed by atoms with Gasteiger partial charge in [0.15, 0.2) is 10.8 Å². The van der Waals surface area contributed by atoms with Crippen LogP contribution in [-0.2, 0) is 11.3 Å². The summed E-state index contributed by atoms with van der Waals surface area (Å²) in [5.74, 6) is -0.140. The molecule has 5 nitrogen and oxygen atoms in total. The summed E-state index contributed by atoms with van der Waals surface area (Å²) < 4.78 is 5.23. The topological polar surface area (TPSA) is 75.4 Å². The van der Waals surface area contributed by atoms with Crippen molar-refractivity contribution in [3.63, 3.8) is 0 Å². The highest BCUT2D eigenvalue weighted by Crippen LogP contribution is 2.23. The average Bonchev–Trinajstić information content (AvgIpc) is 2.95. The first-order valence-corrected chi connectivity index (χ1v) is 5.99. The number of hydrogen-bond acceptors (Lipinski definition) is 5. The summed E-state index contributed by atoms with van der Waals surface area (Å²) in [6, 6.07) is 3.07. The van der Waals surface area contributed by atoms with Crippen molar-refractivity contribution in [3.05, 3.63) is 29.5 Å². The smallest absolute Gasteiger partial charge is 0.320 e. The highest BCUT2D eigenvalue weighted by Gasteiger charge is 2.11. The highest BCUT2D eigenvalue weighted by atomic mass is 32.1. The number of thiazole rings is 1. The van der Waals surface area contributed by atoms with Gasteiger partial charge in [-0.2, -0.15) is 0 Å². The summed E-state index contributed by atoms with van der Waals surface area (Å²) in [5, 5.41) is 14.3. The molecule has 1 atom stereocenters. The molecule has 6 heteroatoms. The van der Waals surface area contributed by atoms with Gasteiger partial charge in [-0.15, -0.1) is 11.3 Å². The molecule has 0 unspecified atom stereocenters. The summed E-state index contributed by atoms with van der Waals surface area (Å²) in [5.41, 5.74) is 0.814. The Hall–Kier alpha value is -1.66. The quantitative estimate of drug-likeness (QED) is 0.850. The second kappa shape index (κ2) is 5.11. The number of aromatic nitrogens is 1. The predicted octanol–water partition coefficient (Wildman–Crippen LogP) is 1.97. The minimum absolute atomic E-state index is 0.435. The molecule has 0 aliphatic rings. The number of furan rings is 1. The summed E-state index contributed by atoms with van der Waals surface area (Å²) in [6.07, 6.45) is 1.60. The fourth-order valence-corrected chi connectivity index (χ4v) is 2.03. The van der Waals surface area contributed by atoms with Crippen molar-refractivity contribution in [2.75, 3.05) is 0 Å². The SMILES string of the molecule is C[C@@H](NCc1csc(-c2ccco2)n1)C(=O)O.